The van der Waals surface area contributed by atoms with Crippen LogP contribution in [0.1, 0.15) is 25.6 Å². The minimum absolute atomic E-state index is 0.0270. The van der Waals surface area contributed by atoms with E-state index in [1.54, 1.807) is 0 Å². The second-order valence-corrected chi connectivity index (χ2v) is 6.45. The number of halogens is 1. The van der Waals surface area contributed by atoms with Crippen LogP contribution in [0, 0.1) is 12.7 Å². The van der Waals surface area contributed by atoms with Gasteiger partial charge >= 0.3 is 5.97 Å². The van der Waals surface area contributed by atoms with E-state index in [9.17, 15) is 14.0 Å². The fourth-order valence-corrected chi connectivity index (χ4v) is 3.65. The highest BCUT2D eigenvalue weighted by Crippen LogP contribution is 2.30. The Labute approximate surface area is 147 Å². The fourth-order valence-electron chi connectivity index (χ4n) is 2.51. The Bertz CT molecular complexity index is 961. The van der Waals surface area contributed by atoms with E-state index >= 15 is 0 Å². The van der Waals surface area contributed by atoms with Crippen LogP contribution in [0.4, 0.5) is 4.39 Å². The minimum atomic E-state index is -0.756. The Hall–Kier alpha value is -2.73. The number of fused-ring (bicyclic) bond motifs is 1. The molecule has 0 saturated heterocycles. The van der Waals surface area contributed by atoms with Gasteiger partial charge in [0.15, 0.2) is 18.2 Å². The monoisotopic (exact) mass is 358 g/mol. The molecule has 0 spiro atoms. The maximum absolute atomic E-state index is 13.6. The van der Waals surface area contributed by atoms with E-state index in [1.165, 1.54) is 30.6 Å². The first-order valence-corrected chi connectivity index (χ1v) is 8.35. The number of hydrogen-bond donors (Lipinski definition) is 0. The van der Waals surface area contributed by atoms with Gasteiger partial charge in [-0.25, -0.2) is 9.18 Å². The Morgan fingerprint density at radius 3 is 2.60 bits per heavy atom. The molecule has 128 valence electrons. The van der Waals surface area contributed by atoms with Crippen LogP contribution in [0.2, 0.25) is 0 Å². The van der Waals surface area contributed by atoms with Crippen LogP contribution in [0.15, 0.2) is 42.5 Å². The van der Waals surface area contributed by atoms with Gasteiger partial charge in [0.25, 0.3) is 0 Å². The highest BCUT2D eigenvalue weighted by molar-refractivity contribution is 7.21. The normalized spacial score (nSPS) is 10.7. The zero-order chi connectivity index (χ0) is 18.0. The Kier molecular flexibility index (Phi) is 4.81. The molecule has 4 nitrogen and oxygen atoms in total. The van der Waals surface area contributed by atoms with Crippen LogP contribution in [0.25, 0.3) is 10.1 Å². The van der Waals surface area contributed by atoms with Crippen molar-refractivity contribution in [1.29, 1.82) is 0 Å². The maximum atomic E-state index is 13.6. The summed E-state index contributed by atoms with van der Waals surface area (Å²) in [5.74, 6) is -1.66. The number of ether oxygens (including phenoxy) is 2. The number of ketones is 1. The molecular weight excluding hydrogens is 343 g/mol. The van der Waals surface area contributed by atoms with E-state index in [0.717, 1.165) is 21.7 Å². The molecule has 0 fully saturated rings. The summed E-state index contributed by atoms with van der Waals surface area (Å²) in [4.78, 5) is 25.0. The second kappa shape index (κ2) is 7.03. The van der Waals surface area contributed by atoms with Gasteiger partial charge in [-0.05, 0) is 42.1 Å². The van der Waals surface area contributed by atoms with E-state index in [2.05, 4.69) is 0 Å². The number of carbonyl (C=O) groups is 2. The molecule has 2 aromatic carbocycles. The second-order valence-electron chi connectivity index (χ2n) is 5.40. The molecule has 0 N–H and O–H groups in total. The van der Waals surface area contributed by atoms with Gasteiger partial charge in [0.05, 0.1) is 17.6 Å². The van der Waals surface area contributed by atoms with E-state index in [0.29, 0.717) is 4.88 Å². The lowest BCUT2D eigenvalue weighted by Crippen LogP contribution is -2.14. The quantitative estimate of drug-likeness (QED) is 0.501. The molecule has 0 saturated carbocycles. The average Bonchev–Trinajstić information content (AvgIpc) is 2.96. The largest absolute Gasteiger partial charge is 0.494 e. The lowest BCUT2D eigenvalue weighted by Gasteiger charge is -2.06. The van der Waals surface area contributed by atoms with Crippen molar-refractivity contribution in [3.8, 4) is 5.75 Å². The zero-order valence-corrected chi connectivity index (χ0v) is 14.5. The van der Waals surface area contributed by atoms with Crippen LogP contribution in [-0.4, -0.2) is 25.5 Å². The first kappa shape index (κ1) is 17.1. The van der Waals surface area contributed by atoms with Gasteiger partial charge in [-0.15, -0.1) is 11.3 Å². The summed E-state index contributed by atoms with van der Waals surface area (Å²) in [5, 5.41) is 1.01. The summed E-state index contributed by atoms with van der Waals surface area (Å²) in [6.45, 7) is 1.48. The smallest absolute Gasteiger partial charge is 0.338 e. The Balaban J connectivity index is 1.72. The maximum Gasteiger partial charge on any atom is 0.338 e. The van der Waals surface area contributed by atoms with Crippen molar-refractivity contribution in [3.63, 3.8) is 0 Å². The van der Waals surface area contributed by atoms with Crippen molar-refractivity contribution in [1.82, 2.24) is 0 Å². The van der Waals surface area contributed by atoms with Crippen molar-refractivity contribution in [3.05, 3.63) is 64.3 Å². The zero-order valence-electron chi connectivity index (χ0n) is 13.7. The van der Waals surface area contributed by atoms with Gasteiger partial charge in [-0.2, -0.15) is 0 Å². The number of esters is 1. The van der Waals surface area contributed by atoms with Crippen molar-refractivity contribution >= 4 is 33.2 Å². The number of Topliss-reactive ketones (excluding diaryl/α,β-unsaturated/α-hetero) is 1. The summed E-state index contributed by atoms with van der Waals surface area (Å²) < 4.78 is 24.5. The minimum Gasteiger partial charge on any atom is -0.494 e. The van der Waals surface area contributed by atoms with Crippen LogP contribution in [0.5, 0.6) is 5.75 Å². The summed E-state index contributed by atoms with van der Waals surface area (Å²) in [7, 11) is 1.34. The van der Waals surface area contributed by atoms with Crippen LogP contribution >= 0.6 is 11.3 Å². The molecule has 0 bridgehead atoms. The number of thiophene rings is 1. The lowest BCUT2D eigenvalue weighted by atomic mass is 10.1. The van der Waals surface area contributed by atoms with Crippen molar-refractivity contribution in [2.75, 3.05) is 13.7 Å². The predicted molar refractivity (Wildman–Crippen MR) is 94.1 cm³/mol. The number of aryl methyl sites for hydroxylation is 1. The van der Waals surface area contributed by atoms with E-state index < -0.39 is 11.8 Å². The summed E-state index contributed by atoms with van der Waals surface area (Å²) in [6.07, 6.45) is 0. The molecule has 3 rings (SSSR count). The number of carbonyl (C=O) groups excluding carboxylic acids is 2. The van der Waals surface area contributed by atoms with Gasteiger partial charge in [-0.3, -0.25) is 4.79 Å². The van der Waals surface area contributed by atoms with Crippen LogP contribution < -0.4 is 4.74 Å². The number of methoxy groups -OCH3 is 1. The molecular formula is C19H15FO4S. The van der Waals surface area contributed by atoms with Gasteiger partial charge in [-0.1, -0.05) is 18.2 Å². The van der Waals surface area contributed by atoms with Gasteiger partial charge in [0, 0.05) is 4.70 Å². The standard InChI is InChI=1S/C19H15FO4S/c1-11-13-5-3-4-6-17(13)25-18(11)15(21)10-24-19(22)12-7-8-16(23-2)14(20)9-12/h3-9H,10H2,1-2H3. The molecule has 0 aliphatic rings. The summed E-state index contributed by atoms with van der Waals surface area (Å²) in [6, 6.07) is 11.5. The number of hydrogen-bond acceptors (Lipinski definition) is 5. The predicted octanol–water partition coefficient (Wildman–Crippen LogP) is 4.40. The Morgan fingerprint density at radius 2 is 1.92 bits per heavy atom. The molecule has 1 aromatic heterocycles. The molecule has 0 atom stereocenters. The fraction of sp³-hybridized carbons (Fsp3) is 0.158. The van der Waals surface area contributed by atoms with Gasteiger partial charge < -0.3 is 9.47 Å². The first-order chi connectivity index (χ1) is 12.0. The van der Waals surface area contributed by atoms with Crippen molar-refractivity contribution in [2.45, 2.75) is 6.92 Å². The molecule has 6 heteroatoms. The third-order valence-corrected chi connectivity index (χ3v) is 5.13. The number of rotatable bonds is 5. The summed E-state index contributed by atoms with van der Waals surface area (Å²) >= 11 is 1.37. The van der Waals surface area contributed by atoms with Crippen molar-refractivity contribution < 1.29 is 23.5 Å². The van der Waals surface area contributed by atoms with Crippen LogP contribution in [-0.2, 0) is 4.74 Å². The highest BCUT2D eigenvalue weighted by Gasteiger charge is 2.18. The van der Waals surface area contributed by atoms with E-state index in [-0.39, 0.29) is 23.7 Å². The number of benzene rings is 2. The van der Waals surface area contributed by atoms with Crippen molar-refractivity contribution in [2.24, 2.45) is 0 Å². The highest BCUT2D eigenvalue weighted by atomic mass is 32.1. The molecule has 0 radical (unpaired) electrons. The third-order valence-electron chi connectivity index (χ3n) is 3.82. The van der Waals surface area contributed by atoms with Gasteiger partial charge in [0.2, 0.25) is 5.78 Å². The first-order valence-electron chi connectivity index (χ1n) is 7.53. The topological polar surface area (TPSA) is 52.6 Å². The third kappa shape index (κ3) is 3.39. The summed E-state index contributed by atoms with van der Waals surface area (Å²) in [5.41, 5.74) is 0.899. The SMILES string of the molecule is COc1ccc(C(=O)OCC(=O)c2sc3ccccc3c2C)cc1F. The van der Waals surface area contributed by atoms with Gasteiger partial charge in [0.1, 0.15) is 0 Å². The molecule has 3 aromatic rings. The molecule has 0 aliphatic carbocycles. The lowest BCUT2D eigenvalue weighted by molar-refractivity contribution is 0.0475. The van der Waals surface area contributed by atoms with Crippen LogP contribution in [0.3, 0.4) is 0 Å². The molecule has 25 heavy (non-hydrogen) atoms. The Morgan fingerprint density at radius 1 is 1.16 bits per heavy atom. The average molecular weight is 358 g/mol. The molecule has 0 aliphatic heterocycles. The van der Waals surface area contributed by atoms with E-state index in [4.69, 9.17) is 9.47 Å². The van der Waals surface area contributed by atoms with E-state index in [1.807, 2.05) is 31.2 Å². The molecule has 1 heterocycles. The molecule has 0 unspecified atom stereocenters. The molecule has 0 amide bonds.